The Hall–Kier alpha value is -2.24. The second-order valence-corrected chi connectivity index (χ2v) is 6.46. The number of amides is 1. The molecule has 2 rings (SSSR count). The predicted molar refractivity (Wildman–Crippen MR) is 89.4 cm³/mol. The summed E-state index contributed by atoms with van der Waals surface area (Å²) < 4.78 is 10.5. The maximum atomic E-state index is 12.5. The van der Waals surface area contributed by atoms with E-state index in [-0.39, 0.29) is 12.5 Å². The van der Waals surface area contributed by atoms with Crippen molar-refractivity contribution in [1.29, 1.82) is 0 Å². The van der Waals surface area contributed by atoms with E-state index >= 15 is 0 Å². The second-order valence-electron chi connectivity index (χ2n) is 6.46. The number of methoxy groups -OCH3 is 2. The van der Waals surface area contributed by atoms with Gasteiger partial charge in [0.25, 0.3) is 0 Å². The molecule has 0 aliphatic carbocycles. The van der Waals surface area contributed by atoms with Crippen molar-refractivity contribution in [1.82, 2.24) is 4.90 Å². The minimum atomic E-state index is -0.846. The number of aliphatic carboxylic acids is 1. The number of aryl methyl sites for hydroxylation is 1. The SMILES string of the molecule is COc1ccc(OC)c(CCC(=O)N2CCCC(C)(C(=O)O)C2)c1. The van der Waals surface area contributed by atoms with Gasteiger partial charge in [0.05, 0.1) is 19.6 Å². The molecule has 0 radical (unpaired) electrons. The highest BCUT2D eigenvalue weighted by Gasteiger charge is 2.39. The van der Waals surface area contributed by atoms with Gasteiger partial charge in [0.1, 0.15) is 11.5 Å². The topological polar surface area (TPSA) is 76.1 Å². The van der Waals surface area contributed by atoms with Gasteiger partial charge in [-0.3, -0.25) is 9.59 Å². The average molecular weight is 335 g/mol. The number of benzene rings is 1. The highest BCUT2D eigenvalue weighted by molar-refractivity contribution is 5.79. The summed E-state index contributed by atoms with van der Waals surface area (Å²) in [5, 5.41) is 9.36. The minimum Gasteiger partial charge on any atom is -0.497 e. The molecule has 6 nitrogen and oxygen atoms in total. The molecule has 0 spiro atoms. The van der Waals surface area contributed by atoms with Crippen molar-refractivity contribution in [2.45, 2.75) is 32.6 Å². The molecular formula is C18H25NO5. The van der Waals surface area contributed by atoms with E-state index in [9.17, 15) is 14.7 Å². The third kappa shape index (κ3) is 3.99. The number of piperidine rings is 1. The maximum absolute atomic E-state index is 12.5. The summed E-state index contributed by atoms with van der Waals surface area (Å²) in [6.45, 7) is 2.60. The van der Waals surface area contributed by atoms with Crippen LogP contribution in [0, 0.1) is 5.41 Å². The van der Waals surface area contributed by atoms with Gasteiger partial charge in [-0.1, -0.05) is 0 Å². The maximum Gasteiger partial charge on any atom is 0.311 e. The lowest BCUT2D eigenvalue weighted by atomic mass is 9.82. The number of nitrogens with zero attached hydrogens (tertiary/aromatic N) is 1. The van der Waals surface area contributed by atoms with Crippen molar-refractivity contribution in [3.8, 4) is 11.5 Å². The van der Waals surface area contributed by atoms with Crippen LogP contribution >= 0.6 is 0 Å². The number of ether oxygens (including phenoxy) is 2. The summed E-state index contributed by atoms with van der Waals surface area (Å²) in [6.07, 6.45) is 2.17. The largest absolute Gasteiger partial charge is 0.497 e. The molecule has 1 aromatic rings. The number of carboxylic acid groups (broad SMARTS) is 1. The van der Waals surface area contributed by atoms with Crippen molar-refractivity contribution < 1.29 is 24.2 Å². The number of carboxylic acids is 1. The van der Waals surface area contributed by atoms with Crippen LogP contribution < -0.4 is 9.47 Å². The normalized spacial score (nSPS) is 20.5. The minimum absolute atomic E-state index is 0.0213. The van der Waals surface area contributed by atoms with Crippen LogP contribution in [0.1, 0.15) is 31.7 Å². The van der Waals surface area contributed by atoms with Crippen LogP contribution in [-0.2, 0) is 16.0 Å². The van der Waals surface area contributed by atoms with Crippen molar-refractivity contribution in [2.75, 3.05) is 27.3 Å². The third-order valence-corrected chi connectivity index (χ3v) is 4.66. The molecule has 0 saturated carbocycles. The molecule has 1 heterocycles. The van der Waals surface area contributed by atoms with Gasteiger partial charge < -0.3 is 19.5 Å². The van der Waals surface area contributed by atoms with Gasteiger partial charge in [0.2, 0.25) is 5.91 Å². The first-order valence-corrected chi connectivity index (χ1v) is 8.11. The summed E-state index contributed by atoms with van der Waals surface area (Å²) in [5.41, 5.74) is 0.0601. The third-order valence-electron chi connectivity index (χ3n) is 4.66. The van der Waals surface area contributed by atoms with Gasteiger partial charge in [-0.25, -0.2) is 0 Å². The van der Waals surface area contributed by atoms with Crippen LogP contribution in [0.5, 0.6) is 11.5 Å². The Balaban J connectivity index is 2.02. The summed E-state index contributed by atoms with van der Waals surface area (Å²) in [5.74, 6) is 0.578. The number of rotatable bonds is 6. The van der Waals surface area contributed by atoms with Crippen molar-refractivity contribution >= 4 is 11.9 Å². The lowest BCUT2D eigenvalue weighted by Crippen LogP contribution is -2.48. The Morgan fingerprint density at radius 3 is 2.67 bits per heavy atom. The molecule has 1 amide bonds. The lowest BCUT2D eigenvalue weighted by Gasteiger charge is -2.37. The zero-order valence-corrected chi connectivity index (χ0v) is 14.5. The van der Waals surface area contributed by atoms with Crippen LogP contribution in [0.2, 0.25) is 0 Å². The van der Waals surface area contributed by atoms with Crippen LogP contribution in [-0.4, -0.2) is 49.2 Å². The molecule has 24 heavy (non-hydrogen) atoms. The van der Waals surface area contributed by atoms with Crippen LogP contribution in [0.15, 0.2) is 18.2 Å². The summed E-state index contributed by atoms with van der Waals surface area (Å²) in [6, 6.07) is 5.50. The van der Waals surface area contributed by atoms with Gasteiger partial charge in [-0.2, -0.15) is 0 Å². The average Bonchev–Trinajstić information content (AvgIpc) is 2.59. The van der Waals surface area contributed by atoms with Gasteiger partial charge in [0.15, 0.2) is 0 Å². The van der Waals surface area contributed by atoms with E-state index in [4.69, 9.17) is 9.47 Å². The molecule has 1 aliphatic heterocycles. The summed E-state index contributed by atoms with van der Waals surface area (Å²) in [4.78, 5) is 25.6. The predicted octanol–water partition coefficient (Wildman–Crippen LogP) is 2.35. The van der Waals surface area contributed by atoms with Crippen LogP contribution in [0.4, 0.5) is 0 Å². The second kappa shape index (κ2) is 7.55. The standard InChI is InChI=1S/C18H25NO5/c1-18(17(21)22)9-4-10-19(12-18)16(20)8-5-13-11-14(23-2)6-7-15(13)24-3/h6-7,11H,4-5,8-10,12H2,1-3H3,(H,21,22). The fourth-order valence-electron chi connectivity index (χ4n) is 3.10. The highest BCUT2D eigenvalue weighted by Crippen LogP contribution is 2.30. The number of hydrogen-bond acceptors (Lipinski definition) is 4. The van der Waals surface area contributed by atoms with Gasteiger partial charge in [-0.15, -0.1) is 0 Å². The first-order valence-electron chi connectivity index (χ1n) is 8.11. The Morgan fingerprint density at radius 1 is 1.29 bits per heavy atom. The highest BCUT2D eigenvalue weighted by atomic mass is 16.5. The Morgan fingerprint density at radius 2 is 2.04 bits per heavy atom. The van der Waals surface area contributed by atoms with Gasteiger partial charge in [0, 0.05) is 19.5 Å². The number of carbonyl (C=O) groups excluding carboxylic acids is 1. The quantitative estimate of drug-likeness (QED) is 0.863. The molecule has 1 unspecified atom stereocenters. The zero-order valence-electron chi connectivity index (χ0n) is 14.5. The lowest BCUT2D eigenvalue weighted by molar-refractivity contribution is -0.153. The molecule has 6 heteroatoms. The Bertz CT molecular complexity index is 615. The van der Waals surface area contributed by atoms with E-state index < -0.39 is 11.4 Å². The fourth-order valence-corrected chi connectivity index (χ4v) is 3.10. The summed E-state index contributed by atoms with van der Waals surface area (Å²) in [7, 11) is 3.19. The first kappa shape index (κ1) is 18.1. The molecule has 1 saturated heterocycles. The van der Waals surface area contributed by atoms with Crippen molar-refractivity contribution in [3.05, 3.63) is 23.8 Å². The molecule has 132 valence electrons. The molecule has 1 atom stereocenters. The number of carbonyl (C=O) groups is 2. The first-order chi connectivity index (χ1) is 11.4. The van der Waals surface area contributed by atoms with E-state index in [0.717, 1.165) is 23.5 Å². The van der Waals surface area contributed by atoms with E-state index in [1.165, 1.54) is 0 Å². The zero-order chi connectivity index (χ0) is 17.7. The Kier molecular flexibility index (Phi) is 5.70. The smallest absolute Gasteiger partial charge is 0.311 e. The van der Waals surface area contributed by atoms with Crippen LogP contribution in [0.25, 0.3) is 0 Å². The van der Waals surface area contributed by atoms with Crippen LogP contribution in [0.3, 0.4) is 0 Å². The number of hydrogen-bond donors (Lipinski definition) is 1. The van der Waals surface area contributed by atoms with E-state index in [2.05, 4.69) is 0 Å². The molecule has 1 aromatic carbocycles. The van der Waals surface area contributed by atoms with Crippen molar-refractivity contribution in [3.63, 3.8) is 0 Å². The number of likely N-dealkylation sites (tertiary alicyclic amines) is 1. The fraction of sp³-hybridized carbons (Fsp3) is 0.556. The molecule has 1 N–H and O–H groups in total. The van der Waals surface area contributed by atoms with E-state index in [1.54, 1.807) is 26.0 Å². The van der Waals surface area contributed by atoms with Crippen molar-refractivity contribution in [2.24, 2.45) is 5.41 Å². The molecule has 0 bridgehead atoms. The molecule has 0 aromatic heterocycles. The molecule has 1 fully saturated rings. The van der Waals surface area contributed by atoms with E-state index in [0.29, 0.717) is 25.8 Å². The van der Waals surface area contributed by atoms with Gasteiger partial charge in [-0.05, 0) is 49.9 Å². The molecule has 1 aliphatic rings. The Labute approximate surface area is 142 Å². The molecular weight excluding hydrogens is 310 g/mol. The van der Waals surface area contributed by atoms with Gasteiger partial charge >= 0.3 is 5.97 Å². The van der Waals surface area contributed by atoms with E-state index in [1.807, 2.05) is 18.2 Å². The summed E-state index contributed by atoms with van der Waals surface area (Å²) >= 11 is 0. The monoisotopic (exact) mass is 335 g/mol.